The Bertz CT molecular complexity index is 352. The van der Waals surface area contributed by atoms with E-state index in [1.54, 1.807) is 6.20 Å². The van der Waals surface area contributed by atoms with Crippen molar-refractivity contribution in [2.75, 3.05) is 19.6 Å². The number of nitrogens with zero attached hydrogens (tertiary/aromatic N) is 3. The summed E-state index contributed by atoms with van der Waals surface area (Å²) in [6.07, 6.45) is 11.7. The molecule has 0 atom stereocenters. The van der Waals surface area contributed by atoms with Crippen molar-refractivity contribution < 1.29 is 9.90 Å². The van der Waals surface area contributed by atoms with E-state index in [4.69, 9.17) is 5.11 Å². The number of hydrogen-bond donors (Lipinski definition) is 1. The van der Waals surface area contributed by atoms with Gasteiger partial charge in [0.05, 0.1) is 12.7 Å². The molecule has 0 amide bonds. The normalized spacial score (nSPS) is 11.1. The Morgan fingerprint density at radius 3 is 2.65 bits per heavy atom. The largest absolute Gasteiger partial charge is 0.481 e. The van der Waals surface area contributed by atoms with Gasteiger partial charge in [0.1, 0.15) is 0 Å². The van der Waals surface area contributed by atoms with Gasteiger partial charge in [-0.15, -0.1) is 0 Å². The Balaban J connectivity index is 2.22. The van der Waals surface area contributed by atoms with Crippen LogP contribution in [-0.4, -0.2) is 45.2 Å². The molecule has 20 heavy (non-hydrogen) atoms. The van der Waals surface area contributed by atoms with E-state index in [-0.39, 0.29) is 6.42 Å². The number of carboxylic acid groups (broad SMARTS) is 1. The van der Waals surface area contributed by atoms with Crippen molar-refractivity contribution in [1.82, 2.24) is 14.5 Å². The number of imidazole rings is 1. The predicted molar refractivity (Wildman–Crippen MR) is 79.7 cm³/mol. The molecule has 0 fully saturated rings. The van der Waals surface area contributed by atoms with Gasteiger partial charge in [-0.25, -0.2) is 4.98 Å². The first-order valence-electron chi connectivity index (χ1n) is 7.62. The van der Waals surface area contributed by atoms with E-state index in [0.29, 0.717) is 6.54 Å². The quantitative estimate of drug-likeness (QED) is 0.598. The van der Waals surface area contributed by atoms with Crippen molar-refractivity contribution in [2.24, 2.45) is 0 Å². The minimum atomic E-state index is -0.710. The van der Waals surface area contributed by atoms with Gasteiger partial charge in [-0.2, -0.15) is 0 Å². The molecule has 1 heterocycles. The smallest absolute Gasteiger partial charge is 0.304 e. The molecule has 1 N–H and O–H groups in total. The Hall–Kier alpha value is -1.36. The summed E-state index contributed by atoms with van der Waals surface area (Å²) >= 11 is 0. The van der Waals surface area contributed by atoms with Crippen LogP contribution in [-0.2, 0) is 11.3 Å². The van der Waals surface area contributed by atoms with Crippen molar-refractivity contribution in [3.05, 3.63) is 18.7 Å². The number of carboxylic acids is 1. The number of aryl methyl sites for hydroxylation is 1. The molecule has 0 radical (unpaired) electrons. The molecular weight excluding hydrogens is 254 g/mol. The SMILES string of the molecule is CCCCCCN(CCCn1ccnc1)CCC(=O)O. The van der Waals surface area contributed by atoms with Crippen LogP contribution in [0, 0.1) is 0 Å². The molecule has 5 nitrogen and oxygen atoms in total. The number of aromatic nitrogens is 2. The standard InChI is InChI=1S/C15H27N3O2/c1-2-3-4-5-9-17(12-7-15(19)20)10-6-11-18-13-8-16-14-18/h8,13-14H,2-7,9-12H2,1H3,(H,19,20). The number of hydrogen-bond acceptors (Lipinski definition) is 3. The van der Waals surface area contributed by atoms with Crippen LogP contribution < -0.4 is 0 Å². The maximum Gasteiger partial charge on any atom is 0.304 e. The Morgan fingerprint density at radius 1 is 1.20 bits per heavy atom. The van der Waals surface area contributed by atoms with Crippen molar-refractivity contribution in [2.45, 2.75) is 52.0 Å². The van der Waals surface area contributed by atoms with Gasteiger partial charge in [-0.05, 0) is 25.9 Å². The zero-order valence-corrected chi connectivity index (χ0v) is 12.5. The Kier molecular flexibility index (Phi) is 8.71. The van der Waals surface area contributed by atoms with E-state index in [1.165, 1.54) is 25.7 Å². The van der Waals surface area contributed by atoms with Gasteiger partial charge in [-0.3, -0.25) is 4.79 Å². The molecule has 0 aromatic carbocycles. The van der Waals surface area contributed by atoms with Crippen LogP contribution >= 0.6 is 0 Å². The lowest BCUT2D eigenvalue weighted by molar-refractivity contribution is -0.137. The van der Waals surface area contributed by atoms with Crippen LogP contribution in [0.2, 0.25) is 0 Å². The van der Waals surface area contributed by atoms with E-state index < -0.39 is 5.97 Å². The third kappa shape index (κ3) is 7.94. The summed E-state index contributed by atoms with van der Waals surface area (Å²) in [5.41, 5.74) is 0. The molecule has 114 valence electrons. The topological polar surface area (TPSA) is 58.4 Å². The van der Waals surface area contributed by atoms with Gasteiger partial charge in [0, 0.05) is 25.5 Å². The number of carbonyl (C=O) groups is 1. The predicted octanol–water partition coefficient (Wildman–Crippen LogP) is 2.63. The van der Waals surface area contributed by atoms with Gasteiger partial charge in [0.25, 0.3) is 0 Å². The van der Waals surface area contributed by atoms with Crippen LogP contribution in [0.1, 0.15) is 45.4 Å². The second-order valence-corrected chi connectivity index (χ2v) is 5.20. The van der Waals surface area contributed by atoms with Gasteiger partial charge >= 0.3 is 5.97 Å². The van der Waals surface area contributed by atoms with Crippen molar-refractivity contribution in [3.63, 3.8) is 0 Å². The van der Waals surface area contributed by atoms with E-state index in [1.807, 2.05) is 12.5 Å². The van der Waals surface area contributed by atoms with E-state index in [9.17, 15) is 4.79 Å². The van der Waals surface area contributed by atoms with Crippen LogP contribution in [0.4, 0.5) is 0 Å². The highest BCUT2D eigenvalue weighted by molar-refractivity contribution is 5.66. The number of aliphatic carboxylic acids is 1. The third-order valence-corrected chi connectivity index (χ3v) is 3.42. The minimum absolute atomic E-state index is 0.235. The molecule has 5 heteroatoms. The minimum Gasteiger partial charge on any atom is -0.481 e. The Morgan fingerprint density at radius 2 is 2.00 bits per heavy atom. The fourth-order valence-corrected chi connectivity index (χ4v) is 2.25. The highest BCUT2D eigenvalue weighted by Gasteiger charge is 2.07. The van der Waals surface area contributed by atoms with E-state index >= 15 is 0 Å². The van der Waals surface area contributed by atoms with Crippen molar-refractivity contribution in [1.29, 1.82) is 0 Å². The van der Waals surface area contributed by atoms with Gasteiger partial charge in [0.15, 0.2) is 0 Å². The van der Waals surface area contributed by atoms with Gasteiger partial charge in [-0.1, -0.05) is 26.2 Å². The number of rotatable bonds is 12. The summed E-state index contributed by atoms with van der Waals surface area (Å²) in [7, 11) is 0. The maximum absolute atomic E-state index is 10.7. The summed E-state index contributed by atoms with van der Waals surface area (Å²) in [5.74, 6) is -0.710. The first-order chi connectivity index (χ1) is 9.72. The van der Waals surface area contributed by atoms with E-state index in [0.717, 1.165) is 26.1 Å². The zero-order valence-electron chi connectivity index (χ0n) is 12.5. The van der Waals surface area contributed by atoms with Gasteiger partial charge < -0.3 is 14.6 Å². The highest BCUT2D eigenvalue weighted by atomic mass is 16.4. The molecule has 0 aliphatic heterocycles. The van der Waals surface area contributed by atoms with E-state index in [2.05, 4.69) is 21.4 Å². The molecule has 0 aliphatic rings. The molecule has 1 rings (SSSR count). The molecule has 0 bridgehead atoms. The zero-order chi connectivity index (χ0) is 14.6. The highest BCUT2D eigenvalue weighted by Crippen LogP contribution is 2.04. The molecule has 1 aromatic rings. The lowest BCUT2D eigenvalue weighted by Gasteiger charge is -2.21. The molecule has 0 spiro atoms. The third-order valence-electron chi connectivity index (χ3n) is 3.42. The average Bonchev–Trinajstić information content (AvgIpc) is 2.93. The first kappa shape index (κ1) is 16.7. The van der Waals surface area contributed by atoms with Crippen LogP contribution in [0.5, 0.6) is 0 Å². The fraction of sp³-hybridized carbons (Fsp3) is 0.733. The van der Waals surface area contributed by atoms with Crippen molar-refractivity contribution >= 4 is 5.97 Å². The fourth-order valence-electron chi connectivity index (χ4n) is 2.25. The van der Waals surface area contributed by atoms with Crippen molar-refractivity contribution in [3.8, 4) is 0 Å². The molecular formula is C15H27N3O2. The number of unbranched alkanes of at least 4 members (excludes halogenated alkanes) is 3. The van der Waals surface area contributed by atoms with Crippen LogP contribution in [0.3, 0.4) is 0 Å². The summed E-state index contributed by atoms with van der Waals surface area (Å²) in [4.78, 5) is 17.0. The van der Waals surface area contributed by atoms with Crippen LogP contribution in [0.15, 0.2) is 18.7 Å². The van der Waals surface area contributed by atoms with Gasteiger partial charge in [0.2, 0.25) is 0 Å². The summed E-state index contributed by atoms with van der Waals surface area (Å²) in [5, 5.41) is 8.81. The lowest BCUT2D eigenvalue weighted by atomic mass is 10.2. The molecule has 0 saturated heterocycles. The summed E-state index contributed by atoms with van der Waals surface area (Å²) in [6.45, 7) is 5.77. The Labute approximate surface area is 121 Å². The summed E-state index contributed by atoms with van der Waals surface area (Å²) < 4.78 is 2.06. The lowest BCUT2D eigenvalue weighted by Crippen LogP contribution is -2.29. The molecule has 0 unspecified atom stereocenters. The molecule has 0 saturated carbocycles. The first-order valence-corrected chi connectivity index (χ1v) is 7.62. The molecule has 0 aliphatic carbocycles. The molecule has 1 aromatic heterocycles. The van der Waals surface area contributed by atoms with Crippen LogP contribution in [0.25, 0.3) is 0 Å². The monoisotopic (exact) mass is 281 g/mol. The summed E-state index contributed by atoms with van der Waals surface area (Å²) in [6, 6.07) is 0. The second kappa shape index (κ2) is 10.4. The maximum atomic E-state index is 10.7. The second-order valence-electron chi connectivity index (χ2n) is 5.20. The average molecular weight is 281 g/mol.